The Bertz CT molecular complexity index is 478. The zero-order chi connectivity index (χ0) is 13.5. The molecule has 0 saturated carbocycles. The highest BCUT2D eigenvalue weighted by Crippen LogP contribution is 2.16. The van der Waals surface area contributed by atoms with Crippen LogP contribution in [0.4, 0.5) is 0 Å². The average Bonchev–Trinajstić information content (AvgIpc) is 2.72. The lowest BCUT2D eigenvalue weighted by Crippen LogP contribution is -2.32. The molecule has 1 aliphatic heterocycles. The van der Waals surface area contributed by atoms with Crippen molar-refractivity contribution in [2.24, 2.45) is 0 Å². The van der Waals surface area contributed by atoms with Crippen LogP contribution in [-0.2, 0) is 4.74 Å². The largest absolute Gasteiger partial charge is 0.395 e. The Morgan fingerprint density at radius 2 is 2.37 bits per heavy atom. The van der Waals surface area contributed by atoms with Crippen molar-refractivity contribution in [3.8, 4) is 11.8 Å². The van der Waals surface area contributed by atoms with Crippen LogP contribution in [0.5, 0.6) is 0 Å². The molecule has 19 heavy (non-hydrogen) atoms. The molecule has 102 valence electrons. The summed E-state index contributed by atoms with van der Waals surface area (Å²) in [6.07, 6.45) is 1.35. The van der Waals surface area contributed by atoms with Crippen molar-refractivity contribution >= 4 is 17.2 Å². The number of amides is 1. The third kappa shape index (κ3) is 4.06. The van der Waals surface area contributed by atoms with E-state index in [0.29, 0.717) is 25.1 Å². The Hall–Kier alpha value is -1.35. The second-order valence-electron chi connectivity index (χ2n) is 4.23. The number of hydrogen-bond donors (Lipinski definition) is 1. The molecule has 1 aliphatic rings. The summed E-state index contributed by atoms with van der Waals surface area (Å²) in [6, 6.07) is 1.82. The van der Waals surface area contributed by atoms with Gasteiger partial charge in [0.15, 0.2) is 0 Å². The molecule has 0 radical (unpaired) electrons. The molecule has 1 N–H and O–H groups in total. The first-order valence-electron chi connectivity index (χ1n) is 6.36. The van der Waals surface area contributed by atoms with E-state index in [4.69, 9.17) is 9.84 Å². The zero-order valence-corrected chi connectivity index (χ0v) is 11.5. The SMILES string of the molecule is O=C(c1csc(C#CCCO)c1)N1CCCOCC1. The van der Waals surface area contributed by atoms with Crippen LogP contribution in [0.15, 0.2) is 11.4 Å². The monoisotopic (exact) mass is 279 g/mol. The molecule has 0 spiro atoms. The first-order valence-corrected chi connectivity index (χ1v) is 7.24. The van der Waals surface area contributed by atoms with Gasteiger partial charge in [0.25, 0.3) is 5.91 Å². The van der Waals surface area contributed by atoms with Crippen LogP contribution in [0, 0.1) is 11.8 Å². The van der Waals surface area contributed by atoms with Gasteiger partial charge in [0.1, 0.15) is 0 Å². The minimum Gasteiger partial charge on any atom is -0.395 e. The van der Waals surface area contributed by atoms with Gasteiger partial charge in [-0.15, -0.1) is 11.3 Å². The molecule has 2 rings (SSSR count). The second kappa shape index (κ2) is 7.29. The van der Waals surface area contributed by atoms with Gasteiger partial charge >= 0.3 is 0 Å². The minimum atomic E-state index is 0.0527. The maximum absolute atomic E-state index is 12.3. The first-order chi connectivity index (χ1) is 9.31. The van der Waals surface area contributed by atoms with Gasteiger partial charge in [-0.25, -0.2) is 0 Å². The molecule has 1 fully saturated rings. The van der Waals surface area contributed by atoms with E-state index in [1.807, 2.05) is 16.3 Å². The highest BCUT2D eigenvalue weighted by Gasteiger charge is 2.18. The number of hydrogen-bond acceptors (Lipinski definition) is 4. The summed E-state index contributed by atoms with van der Waals surface area (Å²) < 4.78 is 5.34. The molecule has 2 heterocycles. The molecule has 1 aromatic rings. The lowest BCUT2D eigenvalue weighted by atomic mass is 10.2. The van der Waals surface area contributed by atoms with Gasteiger partial charge in [-0.3, -0.25) is 4.79 Å². The number of carbonyl (C=O) groups excluding carboxylic acids is 1. The maximum Gasteiger partial charge on any atom is 0.254 e. The molecule has 4 nitrogen and oxygen atoms in total. The van der Waals surface area contributed by atoms with E-state index in [2.05, 4.69) is 11.8 Å². The van der Waals surface area contributed by atoms with Gasteiger partial charge in [0.05, 0.1) is 23.7 Å². The Balaban J connectivity index is 2.01. The first kappa shape index (κ1) is 14.1. The molecule has 0 unspecified atom stereocenters. The normalized spacial score (nSPS) is 15.5. The molecule has 0 aromatic carbocycles. The van der Waals surface area contributed by atoms with Crippen LogP contribution in [0.25, 0.3) is 0 Å². The number of carbonyl (C=O) groups is 1. The lowest BCUT2D eigenvalue weighted by Gasteiger charge is -2.18. The molecule has 1 aromatic heterocycles. The van der Waals surface area contributed by atoms with E-state index in [9.17, 15) is 4.79 Å². The van der Waals surface area contributed by atoms with Crippen LogP contribution in [0.2, 0.25) is 0 Å². The number of nitrogens with zero attached hydrogens (tertiary/aromatic N) is 1. The van der Waals surface area contributed by atoms with Gasteiger partial charge in [0, 0.05) is 31.5 Å². The standard InChI is InChI=1S/C14H17NO3S/c16-7-2-1-4-13-10-12(11-19-13)14(17)15-5-3-8-18-9-6-15/h10-11,16H,2-3,5-9H2. The maximum atomic E-state index is 12.3. The number of thiophene rings is 1. The Kier molecular flexibility index (Phi) is 5.40. The van der Waals surface area contributed by atoms with Crippen molar-refractivity contribution in [1.29, 1.82) is 0 Å². The molecule has 0 aliphatic carbocycles. The van der Waals surface area contributed by atoms with E-state index in [1.54, 1.807) is 0 Å². The molecule has 5 heteroatoms. The molecular formula is C14H17NO3S. The summed E-state index contributed by atoms with van der Waals surface area (Å²) in [4.78, 5) is 15.0. The average molecular weight is 279 g/mol. The van der Waals surface area contributed by atoms with Gasteiger partial charge in [-0.1, -0.05) is 11.8 Å². The molecule has 1 saturated heterocycles. The molecule has 1 amide bonds. The predicted molar refractivity (Wildman–Crippen MR) is 74.2 cm³/mol. The van der Waals surface area contributed by atoms with E-state index in [-0.39, 0.29) is 12.5 Å². The van der Waals surface area contributed by atoms with Crippen molar-refractivity contribution in [2.75, 3.05) is 32.9 Å². The lowest BCUT2D eigenvalue weighted by molar-refractivity contribution is 0.0742. The van der Waals surface area contributed by atoms with Crippen molar-refractivity contribution in [2.45, 2.75) is 12.8 Å². The van der Waals surface area contributed by atoms with Gasteiger partial charge < -0.3 is 14.7 Å². The van der Waals surface area contributed by atoms with E-state index in [0.717, 1.165) is 24.4 Å². The number of rotatable bonds is 2. The fourth-order valence-corrected chi connectivity index (χ4v) is 2.60. The van der Waals surface area contributed by atoms with Crippen molar-refractivity contribution < 1.29 is 14.6 Å². The van der Waals surface area contributed by atoms with E-state index >= 15 is 0 Å². The third-order valence-corrected chi connectivity index (χ3v) is 3.65. The summed E-state index contributed by atoms with van der Waals surface area (Å²) in [5.74, 6) is 5.86. The second-order valence-corrected chi connectivity index (χ2v) is 5.14. The summed E-state index contributed by atoms with van der Waals surface area (Å²) >= 11 is 1.46. The highest BCUT2D eigenvalue weighted by atomic mass is 32.1. The van der Waals surface area contributed by atoms with Crippen LogP contribution >= 0.6 is 11.3 Å². The van der Waals surface area contributed by atoms with Crippen LogP contribution in [-0.4, -0.2) is 48.8 Å². The zero-order valence-electron chi connectivity index (χ0n) is 10.7. The predicted octanol–water partition coefficient (Wildman–Crippen LogP) is 1.34. The fourth-order valence-electron chi connectivity index (χ4n) is 1.85. The van der Waals surface area contributed by atoms with Gasteiger partial charge in [-0.2, -0.15) is 0 Å². The summed E-state index contributed by atoms with van der Waals surface area (Å²) in [5.41, 5.74) is 0.695. The van der Waals surface area contributed by atoms with Crippen molar-refractivity contribution in [3.05, 3.63) is 21.9 Å². The Labute approximate surface area is 117 Å². The fraction of sp³-hybridized carbons (Fsp3) is 0.500. The van der Waals surface area contributed by atoms with Crippen LogP contribution < -0.4 is 0 Å². The summed E-state index contributed by atoms with van der Waals surface area (Å²) in [7, 11) is 0. The highest BCUT2D eigenvalue weighted by molar-refractivity contribution is 7.10. The van der Waals surface area contributed by atoms with Crippen LogP contribution in [0.3, 0.4) is 0 Å². The van der Waals surface area contributed by atoms with E-state index < -0.39 is 0 Å². The summed E-state index contributed by atoms with van der Waals surface area (Å²) in [5, 5.41) is 10.5. The molecule has 0 atom stereocenters. The third-order valence-electron chi connectivity index (χ3n) is 2.80. The molecule has 0 bridgehead atoms. The Morgan fingerprint density at radius 3 is 3.21 bits per heavy atom. The topological polar surface area (TPSA) is 49.8 Å². The number of ether oxygens (including phenoxy) is 1. The van der Waals surface area contributed by atoms with Crippen LogP contribution in [0.1, 0.15) is 28.1 Å². The Morgan fingerprint density at radius 1 is 1.47 bits per heavy atom. The minimum absolute atomic E-state index is 0.0527. The number of aliphatic hydroxyl groups is 1. The smallest absolute Gasteiger partial charge is 0.254 e. The van der Waals surface area contributed by atoms with Crippen molar-refractivity contribution in [3.63, 3.8) is 0 Å². The van der Waals surface area contributed by atoms with Gasteiger partial charge in [-0.05, 0) is 12.5 Å². The number of aliphatic hydroxyl groups excluding tert-OH is 1. The van der Waals surface area contributed by atoms with Crippen molar-refractivity contribution in [1.82, 2.24) is 4.90 Å². The quantitative estimate of drug-likeness (QED) is 0.831. The molecular weight excluding hydrogens is 262 g/mol. The van der Waals surface area contributed by atoms with Gasteiger partial charge in [0.2, 0.25) is 0 Å². The van der Waals surface area contributed by atoms with E-state index in [1.165, 1.54) is 11.3 Å². The summed E-state index contributed by atoms with van der Waals surface area (Å²) in [6.45, 7) is 2.81.